The molecule has 0 saturated carbocycles. The van der Waals surface area contributed by atoms with Crippen molar-refractivity contribution in [1.29, 1.82) is 0 Å². The molecule has 1 aromatic carbocycles. The molecule has 0 heterocycles. The van der Waals surface area contributed by atoms with Gasteiger partial charge in [0.25, 0.3) is 0 Å². The first-order chi connectivity index (χ1) is 8.05. The molecule has 0 saturated heterocycles. The average Bonchev–Trinajstić information content (AvgIpc) is 2.35. The van der Waals surface area contributed by atoms with E-state index in [1.54, 1.807) is 25.1 Å². The smallest absolute Gasteiger partial charge is 0.244 e. The van der Waals surface area contributed by atoms with Gasteiger partial charge < -0.3 is 9.84 Å². The highest BCUT2D eigenvalue weighted by Gasteiger charge is 2.21. The highest BCUT2D eigenvalue weighted by molar-refractivity contribution is 7.89. The zero-order chi connectivity index (χ0) is 12.9. The van der Waals surface area contributed by atoms with Gasteiger partial charge in [0.2, 0.25) is 10.0 Å². The van der Waals surface area contributed by atoms with E-state index in [9.17, 15) is 8.42 Å². The maximum Gasteiger partial charge on any atom is 0.244 e. The van der Waals surface area contributed by atoms with Crippen LogP contribution in [0.5, 0.6) is 5.75 Å². The Bertz CT molecular complexity index is 454. The number of nitrogens with one attached hydrogen (secondary N) is 1. The molecule has 0 unspecified atom stereocenters. The van der Waals surface area contributed by atoms with Crippen LogP contribution in [0.25, 0.3) is 0 Å². The van der Waals surface area contributed by atoms with Crippen molar-refractivity contribution in [1.82, 2.24) is 4.72 Å². The van der Waals surface area contributed by atoms with E-state index in [-0.39, 0.29) is 17.3 Å². The second kappa shape index (κ2) is 6.00. The van der Waals surface area contributed by atoms with E-state index in [1.165, 1.54) is 13.2 Å². The molecule has 0 amide bonds. The second-order valence-corrected chi connectivity index (χ2v) is 5.24. The molecule has 0 radical (unpaired) electrons. The van der Waals surface area contributed by atoms with Crippen molar-refractivity contribution >= 4 is 10.0 Å². The van der Waals surface area contributed by atoms with Gasteiger partial charge in [0.15, 0.2) is 0 Å². The number of hydrogen-bond donors (Lipinski definition) is 2. The molecule has 0 aliphatic carbocycles. The van der Waals surface area contributed by atoms with Crippen molar-refractivity contribution in [3.05, 3.63) is 24.3 Å². The fourth-order valence-electron chi connectivity index (χ4n) is 1.37. The number of aliphatic hydroxyl groups is 1. The summed E-state index contributed by atoms with van der Waals surface area (Å²) in [7, 11) is -2.25. The molecule has 0 aromatic heterocycles. The van der Waals surface area contributed by atoms with Crippen molar-refractivity contribution in [2.75, 3.05) is 13.7 Å². The number of ether oxygens (including phenoxy) is 1. The Morgan fingerprint density at radius 3 is 2.59 bits per heavy atom. The summed E-state index contributed by atoms with van der Waals surface area (Å²) in [5.74, 6) is 0.285. The zero-order valence-electron chi connectivity index (χ0n) is 9.88. The lowest BCUT2D eigenvalue weighted by molar-refractivity contribution is 0.253. The van der Waals surface area contributed by atoms with Gasteiger partial charge in [0.05, 0.1) is 13.7 Å². The van der Waals surface area contributed by atoms with E-state index >= 15 is 0 Å². The minimum atomic E-state index is -3.66. The molecule has 0 fully saturated rings. The van der Waals surface area contributed by atoms with Gasteiger partial charge in [-0.15, -0.1) is 0 Å². The maximum absolute atomic E-state index is 12.0. The van der Waals surface area contributed by atoms with Gasteiger partial charge in [-0.3, -0.25) is 0 Å². The Kier molecular flexibility index (Phi) is 4.92. The molecule has 0 bridgehead atoms. The molecular formula is C11H17NO4S. The van der Waals surface area contributed by atoms with Crippen LogP contribution >= 0.6 is 0 Å². The maximum atomic E-state index is 12.0. The average molecular weight is 259 g/mol. The summed E-state index contributed by atoms with van der Waals surface area (Å²) in [5.41, 5.74) is 0. The van der Waals surface area contributed by atoms with Gasteiger partial charge in [0, 0.05) is 6.04 Å². The van der Waals surface area contributed by atoms with Crippen LogP contribution in [-0.2, 0) is 10.0 Å². The van der Waals surface area contributed by atoms with Crippen LogP contribution in [0.15, 0.2) is 29.2 Å². The molecular weight excluding hydrogens is 242 g/mol. The fraction of sp³-hybridized carbons (Fsp3) is 0.455. The van der Waals surface area contributed by atoms with E-state index in [4.69, 9.17) is 9.84 Å². The van der Waals surface area contributed by atoms with Crippen molar-refractivity contribution in [2.45, 2.75) is 24.3 Å². The summed E-state index contributed by atoms with van der Waals surface area (Å²) in [4.78, 5) is 0.0781. The molecule has 1 aromatic rings. The van der Waals surface area contributed by atoms with E-state index in [2.05, 4.69) is 4.72 Å². The summed E-state index contributed by atoms with van der Waals surface area (Å²) >= 11 is 0. The number of sulfonamides is 1. The first-order valence-corrected chi connectivity index (χ1v) is 6.79. The van der Waals surface area contributed by atoms with E-state index in [0.29, 0.717) is 6.42 Å². The van der Waals surface area contributed by atoms with E-state index in [0.717, 1.165) is 0 Å². The monoisotopic (exact) mass is 259 g/mol. The lowest BCUT2D eigenvalue weighted by Gasteiger charge is -2.15. The Balaban J connectivity index is 3.04. The van der Waals surface area contributed by atoms with Crippen molar-refractivity contribution in [3.8, 4) is 5.75 Å². The molecule has 96 valence electrons. The third-order valence-corrected chi connectivity index (χ3v) is 3.95. The normalized spacial score (nSPS) is 13.4. The number of aliphatic hydroxyl groups excluding tert-OH is 1. The predicted octanol–water partition coefficient (Wildman–Crippen LogP) is 0.744. The third-order valence-electron chi connectivity index (χ3n) is 2.39. The Hall–Kier alpha value is -1.11. The van der Waals surface area contributed by atoms with Crippen LogP contribution in [0.1, 0.15) is 13.3 Å². The number of para-hydroxylation sites is 1. The Morgan fingerprint density at radius 2 is 2.06 bits per heavy atom. The summed E-state index contributed by atoms with van der Waals surface area (Å²) in [5, 5.41) is 9.00. The second-order valence-electron chi connectivity index (χ2n) is 3.56. The van der Waals surface area contributed by atoms with Crippen LogP contribution in [0.2, 0.25) is 0 Å². The standard InChI is InChI=1S/C11H17NO4S/c1-3-9(8-13)12-17(14,15)11-7-5-4-6-10(11)16-2/h4-7,9,12-13H,3,8H2,1-2H3/t9-/m0/s1. The van der Waals surface area contributed by atoms with Gasteiger partial charge in [-0.25, -0.2) is 13.1 Å². The highest BCUT2D eigenvalue weighted by atomic mass is 32.2. The Morgan fingerprint density at radius 1 is 1.41 bits per heavy atom. The topological polar surface area (TPSA) is 75.6 Å². The van der Waals surface area contributed by atoms with Crippen molar-refractivity contribution in [3.63, 3.8) is 0 Å². The first kappa shape index (κ1) is 14.0. The summed E-state index contributed by atoms with van der Waals surface area (Å²) in [6, 6.07) is 5.88. The van der Waals surface area contributed by atoms with Crippen LogP contribution in [0, 0.1) is 0 Å². The summed E-state index contributed by atoms with van der Waals surface area (Å²) in [6.07, 6.45) is 0.519. The van der Waals surface area contributed by atoms with Gasteiger partial charge in [-0.2, -0.15) is 0 Å². The van der Waals surface area contributed by atoms with Gasteiger partial charge >= 0.3 is 0 Å². The first-order valence-electron chi connectivity index (χ1n) is 5.31. The lowest BCUT2D eigenvalue weighted by Crippen LogP contribution is -2.37. The summed E-state index contributed by atoms with van der Waals surface area (Å²) < 4.78 is 31.5. The van der Waals surface area contributed by atoms with Crippen molar-refractivity contribution in [2.24, 2.45) is 0 Å². The van der Waals surface area contributed by atoms with E-state index in [1.807, 2.05) is 0 Å². The molecule has 1 rings (SSSR count). The van der Waals surface area contributed by atoms with Crippen LogP contribution < -0.4 is 9.46 Å². The largest absolute Gasteiger partial charge is 0.495 e. The number of methoxy groups -OCH3 is 1. The molecule has 0 spiro atoms. The number of rotatable bonds is 6. The SMILES string of the molecule is CC[C@@H](CO)NS(=O)(=O)c1ccccc1OC. The Labute approximate surface area is 101 Å². The molecule has 5 nitrogen and oxygen atoms in total. The molecule has 1 atom stereocenters. The molecule has 6 heteroatoms. The van der Waals surface area contributed by atoms with Gasteiger partial charge in [-0.05, 0) is 18.6 Å². The van der Waals surface area contributed by atoms with E-state index < -0.39 is 16.1 Å². The lowest BCUT2D eigenvalue weighted by atomic mass is 10.3. The molecule has 0 aliphatic rings. The number of hydrogen-bond acceptors (Lipinski definition) is 4. The molecule has 2 N–H and O–H groups in total. The van der Waals surface area contributed by atoms with Gasteiger partial charge in [-0.1, -0.05) is 19.1 Å². The third kappa shape index (κ3) is 3.42. The van der Waals surface area contributed by atoms with Gasteiger partial charge in [0.1, 0.15) is 10.6 Å². The van der Waals surface area contributed by atoms with Crippen molar-refractivity contribution < 1.29 is 18.3 Å². The highest BCUT2D eigenvalue weighted by Crippen LogP contribution is 2.22. The predicted molar refractivity (Wildman–Crippen MR) is 64.5 cm³/mol. The van der Waals surface area contributed by atoms with Crippen LogP contribution in [0.3, 0.4) is 0 Å². The minimum absolute atomic E-state index is 0.0781. The minimum Gasteiger partial charge on any atom is -0.495 e. The zero-order valence-corrected chi connectivity index (χ0v) is 10.7. The van der Waals surface area contributed by atoms with Crippen LogP contribution in [-0.4, -0.2) is 33.3 Å². The summed E-state index contributed by atoms with van der Waals surface area (Å²) in [6.45, 7) is 1.57. The molecule has 17 heavy (non-hydrogen) atoms. The molecule has 0 aliphatic heterocycles. The number of benzene rings is 1. The van der Waals surface area contributed by atoms with Crippen LogP contribution in [0.4, 0.5) is 0 Å². The quantitative estimate of drug-likeness (QED) is 0.790. The fourth-order valence-corrected chi connectivity index (χ4v) is 2.85.